The number of nitrogens with zero attached hydrogens (tertiary/aromatic N) is 2. The number of nitrogen functional groups attached to an aromatic ring is 1. The van der Waals surface area contributed by atoms with Gasteiger partial charge >= 0.3 is 0 Å². The monoisotopic (exact) mass is 497 g/mol. The van der Waals surface area contributed by atoms with Crippen LogP contribution in [0.4, 0.5) is 11.4 Å². The summed E-state index contributed by atoms with van der Waals surface area (Å²) in [6.45, 7) is 1.89. The number of primary amides is 1. The zero-order valence-electron chi connectivity index (χ0n) is 20.3. The number of aromatic nitrogens is 1. The highest BCUT2D eigenvalue weighted by atomic mass is 32.1. The van der Waals surface area contributed by atoms with E-state index >= 15 is 0 Å². The summed E-state index contributed by atoms with van der Waals surface area (Å²) in [7, 11) is 0. The zero-order chi connectivity index (χ0) is 24.9. The number of amides is 3. The van der Waals surface area contributed by atoms with Gasteiger partial charge in [0, 0.05) is 11.7 Å². The Kier molecular flexibility index (Phi) is 8.05. The third kappa shape index (κ3) is 5.50. The minimum atomic E-state index is -0.785. The molecule has 0 radical (unpaired) electrons. The number of hydrogen-bond acceptors (Lipinski definition) is 6. The maximum Gasteiger partial charge on any atom is 0.272 e. The average molecular weight is 498 g/mol. The van der Waals surface area contributed by atoms with Crippen LogP contribution in [0.1, 0.15) is 103 Å². The standard InChI is InChI=1S/C26H35N5O3S/c1-2-20(25(33)29-18-10-6-7-11-18)31(26(34)23-21(27)22(24(28)32)30-35-23)19-14-12-17(13-15-19)16-8-4-3-5-9-16/h12-16,18,20H,2-11,27H2,1H3,(H2,28,32)(H,29,33). The Hall–Kier alpha value is -2.94. The van der Waals surface area contributed by atoms with Crippen LogP contribution >= 0.6 is 11.5 Å². The molecule has 2 aliphatic rings. The summed E-state index contributed by atoms with van der Waals surface area (Å²) in [6, 6.07) is 7.38. The fourth-order valence-corrected chi connectivity index (χ4v) is 6.12. The van der Waals surface area contributed by atoms with Crippen LogP contribution in [0.3, 0.4) is 0 Å². The van der Waals surface area contributed by atoms with Crippen molar-refractivity contribution in [3.63, 3.8) is 0 Å². The number of carbonyl (C=O) groups excluding carboxylic acids is 3. The second-order valence-corrected chi connectivity index (χ2v) is 10.4. The number of nitrogens with one attached hydrogen (secondary N) is 1. The van der Waals surface area contributed by atoms with Crippen molar-refractivity contribution in [2.24, 2.45) is 5.73 Å². The number of hydrogen-bond donors (Lipinski definition) is 3. The van der Waals surface area contributed by atoms with E-state index in [2.05, 4.69) is 21.8 Å². The Morgan fingerprint density at radius 2 is 1.69 bits per heavy atom. The molecular formula is C26H35N5O3S. The molecule has 4 rings (SSSR count). The van der Waals surface area contributed by atoms with Crippen LogP contribution in [0.2, 0.25) is 0 Å². The number of benzene rings is 1. The van der Waals surface area contributed by atoms with Gasteiger partial charge in [-0.2, -0.15) is 4.37 Å². The second kappa shape index (κ2) is 11.2. The highest BCUT2D eigenvalue weighted by Gasteiger charge is 2.35. The first-order chi connectivity index (χ1) is 16.9. The largest absolute Gasteiger partial charge is 0.395 e. The predicted octanol–water partition coefficient (Wildman–Crippen LogP) is 4.36. The third-order valence-electron chi connectivity index (χ3n) is 7.32. The van der Waals surface area contributed by atoms with Crippen molar-refractivity contribution < 1.29 is 14.4 Å². The van der Waals surface area contributed by atoms with Gasteiger partial charge in [-0.1, -0.05) is 51.2 Å². The Balaban J connectivity index is 1.67. The molecule has 3 amide bonds. The van der Waals surface area contributed by atoms with Crippen molar-refractivity contribution in [1.82, 2.24) is 9.69 Å². The van der Waals surface area contributed by atoms with Crippen LogP contribution < -0.4 is 21.7 Å². The van der Waals surface area contributed by atoms with E-state index in [0.29, 0.717) is 18.0 Å². The van der Waals surface area contributed by atoms with E-state index in [0.717, 1.165) is 37.2 Å². The van der Waals surface area contributed by atoms with Gasteiger partial charge in [0.1, 0.15) is 10.9 Å². The molecule has 5 N–H and O–H groups in total. The summed E-state index contributed by atoms with van der Waals surface area (Å²) in [4.78, 5) is 40.5. The first-order valence-corrected chi connectivity index (χ1v) is 13.5. The number of anilines is 2. The highest BCUT2D eigenvalue weighted by Crippen LogP contribution is 2.35. The van der Waals surface area contributed by atoms with Gasteiger partial charge in [0.25, 0.3) is 11.8 Å². The lowest BCUT2D eigenvalue weighted by atomic mass is 9.84. The fourth-order valence-electron chi connectivity index (χ4n) is 5.37. The van der Waals surface area contributed by atoms with Crippen molar-refractivity contribution in [3.05, 3.63) is 40.4 Å². The molecule has 35 heavy (non-hydrogen) atoms. The van der Waals surface area contributed by atoms with Crippen molar-refractivity contribution in [2.45, 2.75) is 89.1 Å². The van der Waals surface area contributed by atoms with E-state index in [4.69, 9.17) is 11.5 Å². The predicted molar refractivity (Wildman–Crippen MR) is 139 cm³/mol. The van der Waals surface area contributed by atoms with Crippen LogP contribution in [0.25, 0.3) is 0 Å². The van der Waals surface area contributed by atoms with Gasteiger partial charge in [-0.3, -0.25) is 19.3 Å². The molecule has 2 saturated carbocycles. The van der Waals surface area contributed by atoms with Gasteiger partial charge in [-0.15, -0.1) is 0 Å². The molecule has 0 bridgehead atoms. The second-order valence-electron chi connectivity index (χ2n) is 9.65. The first-order valence-electron chi connectivity index (χ1n) is 12.7. The Bertz CT molecular complexity index is 1060. The van der Waals surface area contributed by atoms with E-state index in [-0.39, 0.29) is 28.2 Å². The summed E-state index contributed by atoms with van der Waals surface area (Å²) in [6.07, 6.45) is 10.6. The highest BCUT2D eigenvalue weighted by molar-refractivity contribution is 7.09. The summed E-state index contributed by atoms with van der Waals surface area (Å²) < 4.78 is 3.99. The molecule has 9 heteroatoms. The fraction of sp³-hybridized carbons (Fsp3) is 0.538. The lowest BCUT2D eigenvalue weighted by Crippen LogP contribution is -2.51. The molecule has 2 aliphatic carbocycles. The van der Waals surface area contributed by atoms with E-state index in [9.17, 15) is 14.4 Å². The third-order valence-corrected chi connectivity index (χ3v) is 8.18. The van der Waals surface area contributed by atoms with Crippen LogP contribution in [0.5, 0.6) is 0 Å². The maximum absolute atomic E-state index is 13.8. The lowest BCUT2D eigenvalue weighted by Gasteiger charge is -2.31. The Morgan fingerprint density at radius 1 is 1.06 bits per heavy atom. The number of carbonyl (C=O) groups is 3. The molecule has 1 atom stereocenters. The molecule has 2 aromatic rings. The van der Waals surface area contributed by atoms with Gasteiger partial charge < -0.3 is 16.8 Å². The van der Waals surface area contributed by atoms with E-state index in [1.165, 1.54) is 42.6 Å². The molecule has 188 valence electrons. The smallest absolute Gasteiger partial charge is 0.272 e. The minimum absolute atomic E-state index is 0.0395. The van der Waals surface area contributed by atoms with E-state index in [1.54, 1.807) is 0 Å². The van der Waals surface area contributed by atoms with Crippen LogP contribution in [0.15, 0.2) is 24.3 Å². The lowest BCUT2D eigenvalue weighted by molar-refractivity contribution is -0.123. The molecule has 2 fully saturated rings. The normalized spacial score (nSPS) is 17.7. The van der Waals surface area contributed by atoms with Crippen molar-refractivity contribution in [2.75, 3.05) is 10.6 Å². The van der Waals surface area contributed by atoms with Crippen molar-refractivity contribution in [1.29, 1.82) is 0 Å². The summed E-state index contributed by atoms with van der Waals surface area (Å²) >= 11 is 0.835. The molecule has 0 spiro atoms. The molecule has 1 aromatic carbocycles. The maximum atomic E-state index is 13.8. The van der Waals surface area contributed by atoms with Crippen LogP contribution in [-0.2, 0) is 4.79 Å². The van der Waals surface area contributed by atoms with Crippen molar-refractivity contribution in [3.8, 4) is 0 Å². The van der Waals surface area contributed by atoms with E-state index < -0.39 is 17.9 Å². The number of rotatable bonds is 8. The van der Waals surface area contributed by atoms with Gasteiger partial charge in [0.05, 0.1) is 5.69 Å². The first kappa shape index (κ1) is 25.2. The quantitative estimate of drug-likeness (QED) is 0.499. The van der Waals surface area contributed by atoms with Gasteiger partial charge in [0.15, 0.2) is 5.69 Å². The van der Waals surface area contributed by atoms with Crippen molar-refractivity contribution >= 4 is 40.6 Å². The SMILES string of the molecule is CCC(C(=O)NC1CCCC1)N(C(=O)c1snc(C(N)=O)c1N)c1ccc(C2CCCCC2)cc1. The molecular weight excluding hydrogens is 462 g/mol. The van der Waals surface area contributed by atoms with Crippen LogP contribution in [0, 0.1) is 0 Å². The summed E-state index contributed by atoms with van der Waals surface area (Å²) in [5.41, 5.74) is 13.2. The van der Waals surface area contributed by atoms with E-state index in [1.807, 2.05) is 19.1 Å². The Labute approximate surface area is 210 Å². The molecule has 8 nitrogen and oxygen atoms in total. The molecule has 0 saturated heterocycles. The van der Waals surface area contributed by atoms with Crippen LogP contribution in [-0.4, -0.2) is 34.2 Å². The summed E-state index contributed by atoms with van der Waals surface area (Å²) in [5.74, 6) is -0.884. The van der Waals surface area contributed by atoms with Gasteiger partial charge in [-0.25, -0.2) is 0 Å². The number of nitrogens with two attached hydrogens (primary N) is 2. The van der Waals surface area contributed by atoms with Gasteiger partial charge in [-0.05, 0) is 67.3 Å². The minimum Gasteiger partial charge on any atom is -0.395 e. The summed E-state index contributed by atoms with van der Waals surface area (Å²) in [5, 5.41) is 3.14. The average Bonchev–Trinajstić information content (AvgIpc) is 3.52. The van der Waals surface area contributed by atoms with Gasteiger partial charge in [0.2, 0.25) is 5.91 Å². The molecule has 1 aromatic heterocycles. The zero-order valence-corrected chi connectivity index (χ0v) is 21.1. The Morgan fingerprint density at radius 3 is 2.26 bits per heavy atom. The molecule has 1 unspecified atom stereocenters. The topological polar surface area (TPSA) is 131 Å². The molecule has 0 aliphatic heterocycles. The molecule has 1 heterocycles.